The number of carbonyl (C=O) groups excluding carboxylic acids is 1. The van der Waals surface area contributed by atoms with Crippen molar-refractivity contribution >= 4 is 15.9 Å². The molecule has 0 bridgehead atoms. The van der Waals surface area contributed by atoms with Crippen LogP contribution in [0.4, 0.5) is 0 Å². The number of carbonyl (C=O) groups is 1. The van der Waals surface area contributed by atoms with Gasteiger partial charge in [-0.15, -0.1) is 0 Å². The Hall–Kier alpha value is -2.15. The fourth-order valence-electron chi connectivity index (χ4n) is 4.09. The fourth-order valence-corrected chi connectivity index (χ4v) is 4.86. The van der Waals surface area contributed by atoms with Gasteiger partial charge in [0, 0.05) is 12.6 Å². The molecule has 0 aromatic heterocycles. The Bertz CT molecular complexity index is 925. The molecule has 9 heteroatoms. The summed E-state index contributed by atoms with van der Waals surface area (Å²) in [6.07, 6.45) is 3.15. The molecule has 2 aliphatic rings. The molecule has 0 aliphatic carbocycles. The molecule has 2 saturated heterocycles. The first-order valence-corrected chi connectivity index (χ1v) is 11.9. The Labute approximate surface area is 178 Å². The second-order valence-corrected chi connectivity index (χ2v) is 10.1. The molecular formula is C21H30N4O4S. The summed E-state index contributed by atoms with van der Waals surface area (Å²) in [5, 5.41) is 12.6. The van der Waals surface area contributed by atoms with Crippen LogP contribution in [0.1, 0.15) is 51.0 Å². The number of amides is 1. The molecule has 1 amide bonds. The Morgan fingerprint density at radius 2 is 2.13 bits per heavy atom. The van der Waals surface area contributed by atoms with Gasteiger partial charge in [0.15, 0.2) is 0 Å². The molecular weight excluding hydrogens is 404 g/mol. The Kier molecular flexibility index (Phi) is 7.01. The van der Waals surface area contributed by atoms with Crippen LogP contribution in [0.5, 0.6) is 5.75 Å². The van der Waals surface area contributed by atoms with Crippen LogP contribution in [0, 0.1) is 11.3 Å². The largest absolute Gasteiger partial charge is 0.492 e. The fraction of sp³-hybridized carbons (Fsp3) is 0.619. The Morgan fingerprint density at radius 3 is 2.80 bits per heavy atom. The highest BCUT2D eigenvalue weighted by Crippen LogP contribution is 2.30. The summed E-state index contributed by atoms with van der Waals surface area (Å²) in [7, 11) is -2.13. The molecule has 2 heterocycles. The van der Waals surface area contributed by atoms with E-state index >= 15 is 0 Å². The average Bonchev–Trinajstić information content (AvgIpc) is 3.40. The van der Waals surface area contributed by atoms with Gasteiger partial charge in [-0.05, 0) is 62.4 Å². The zero-order valence-electron chi connectivity index (χ0n) is 17.7. The van der Waals surface area contributed by atoms with E-state index in [1.807, 2.05) is 13.8 Å². The van der Waals surface area contributed by atoms with E-state index in [4.69, 9.17) is 4.74 Å². The molecule has 2 N–H and O–H groups in total. The van der Waals surface area contributed by atoms with Crippen molar-refractivity contribution in [1.82, 2.24) is 14.9 Å². The van der Waals surface area contributed by atoms with E-state index < -0.39 is 10.0 Å². The zero-order valence-corrected chi connectivity index (χ0v) is 18.5. The van der Waals surface area contributed by atoms with E-state index in [-0.39, 0.29) is 34.8 Å². The molecule has 0 radical (unpaired) electrons. The van der Waals surface area contributed by atoms with Gasteiger partial charge < -0.3 is 9.64 Å². The first-order valence-electron chi connectivity index (χ1n) is 10.4. The van der Waals surface area contributed by atoms with Gasteiger partial charge in [0.1, 0.15) is 18.4 Å². The number of nitrogens with one attached hydrogen (secondary N) is 2. The lowest BCUT2D eigenvalue weighted by molar-refractivity contribution is -0.133. The quantitative estimate of drug-likeness (QED) is 0.676. The first-order chi connectivity index (χ1) is 14.3. The van der Waals surface area contributed by atoms with E-state index in [0.717, 1.165) is 31.2 Å². The summed E-state index contributed by atoms with van der Waals surface area (Å²) in [5.41, 5.74) is 0.825. The van der Waals surface area contributed by atoms with E-state index in [2.05, 4.69) is 16.1 Å². The van der Waals surface area contributed by atoms with Crippen molar-refractivity contribution in [1.29, 1.82) is 5.26 Å². The maximum atomic E-state index is 12.7. The van der Waals surface area contributed by atoms with E-state index in [0.29, 0.717) is 18.9 Å². The molecule has 30 heavy (non-hydrogen) atoms. The maximum Gasteiger partial charge on any atom is 0.240 e. The van der Waals surface area contributed by atoms with Crippen molar-refractivity contribution in [2.24, 2.45) is 0 Å². The van der Waals surface area contributed by atoms with Gasteiger partial charge in [-0.25, -0.2) is 13.1 Å². The molecule has 8 nitrogen and oxygen atoms in total. The van der Waals surface area contributed by atoms with Crippen LogP contribution in [0.25, 0.3) is 0 Å². The lowest BCUT2D eigenvalue weighted by Crippen LogP contribution is -2.47. The van der Waals surface area contributed by atoms with Crippen molar-refractivity contribution in [3.8, 4) is 11.8 Å². The van der Waals surface area contributed by atoms with Gasteiger partial charge >= 0.3 is 0 Å². The summed E-state index contributed by atoms with van der Waals surface area (Å²) in [4.78, 5) is 14.7. The third kappa shape index (κ3) is 4.77. The summed E-state index contributed by atoms with van der Waals surface area (Å²) < 4.78 is 32.5. The number of ether oxygens (including phenoxy) is 1. The second-order valence-electron chi connectivity index (χ2n) is 8.19. The monoisotopic (exact) mass is 434 g/mol. The zero-order chi connectivity index (χ0) is 21.9. The van der Waals surface area contributed by atoms with E-state index in [1.165, 1.54) is 13.1 Å². The number of nitrogens with zero attached hydrogens (tertiary/aromatic N) is 2. The number of nitriles is 1. The van der Waals surface area contributed by atoms with Crippen molar-refractivity contribution in [3.05, 3.63) is 23.8 Å². The number of hydrogen-bond donors (Lipinski definition) is 2. The average molecular weight is 435 g/mol. The second kappa shape index (κ2) is 9.33. The highest BCUT2D eigenvalue weighted by Gasteiger charge is 2.37. The number of rotatable bonds is 7. The van der Waals surface area contributed by atoms with Gasteiger partial charge in [0.25, 0.3) is 0 Å². The van der Waals surface area contributed by atoms with Gasteiger partial charge in [-0.2, -0.15) is 5.26 Å². The summed E-state index contributed by atoms with van der Waals surface area (Å²) in [6.45, 7) is 5.02. The highest BCUT2D eigenvalue weighted by atomic mass is 32.2. The van der Waals surface area contributed by atoms with Crippen LogP contribution < -0.4 is 14.8 Å². The molecule has 3 atom stereocenters. The van der Waals surface area contributed by atoms with Crippen molar-refractivity contribution < 1.29 is 17.9 Å². The number of likely N-dealkylation sites (tertiary alicyclic amines) is 1. The van der Waals surface area contributed by atoms with Crippen molar-refractivity contribution in [3.63, 3.8) is 0 Å². The molecule has 0 spiro atoms. The molecule has 0 saturated carbocycles. The van der Waals surface area contributed by atoms with Gasteiger partial charge in [0.05, 0.1) is 17.0 Å². The predicted molar refractivity (Wildman–Crippen MR) is 113 cm³/mol. The molecule has 0 unspecified atom stereocenters. The minimum Gasteiger partial charge on any atom is -0.492 e. The van der Waals surface area contributed by atoms with Crippen molar-refractivity contribution in [2.75, 3.05) is 20.2 Å². The number of benzene rings is 1. The SMILES string of the molecule is CNS(=O)(=O)c1ccc(OC[C@H]2CC[C@@H](C(=O)N3CCC[C@H]3C#N)N2)c(C(C)C)c1. The van der Waals surface area contributed by atoms with Crippen LogP contribution in [-0.4, -0.2) is 57.5 Å². The van der Waals surface area contributed by atoms with Crippen LogP contribution in [0.2, 0.25) is 0 Å². The normalized spacial score (nSPS) is 24.2. The Morgan fingerprint density at radius 1 is 1.37 bits per heavy atom. The lowest BCUT2D eigenvalue weighted by Gasteiger charge is -2.24. The third-order valence-electron chi connectivity index (χ3n) is 5.85. The standard InChI is InChI=1S/C21H30N4O4S/c1-14(2)18-11-17(30(27,28)23-3)7-9-20(18)29-13-15-6-8-19(24-15)21(26)25-10-4-5-16(25)12-22/h7,9,11,14-16,19,23-24H,4-6,8,10,13H2,1-3H3/t15-,16+,19+/m1/s1. The first kappa shape index (κ1) is 22.5. The maximum absolute atomic E-state index is 12.7. The van der Waals surface area contributed by atoms with Gasteiger partial charge in [-0.3, -0.25) is 10.1 Å². The molecule has 3 rings (SSSR count). The molecule has 1 aromatic carbocycles. The van der Waals surface area contributed by atoms with Crippen LogP contribution >= 0.6 is 0 Å². The number of hydrogen-bond acceptors (Lipinski definition) is 6. The van der Waals surface area contributed by atoms with Gasteiger partial charge in [0.2, 0.25) is 15.9 Å². The lowest BCUT2D eigenvalue weighted by atomic mass is 10.0. The molecule has 2 fully saturated rings. The molecule has 2 aliphatic heterocycles. The van der Waals surface area contributed by atoms with Crippen molar-refractivity contribution in [2.45, 2.75) is 68.5 Å². The van der Waals surface area contributed by atoms with Crippen LogP contribution in [0.3, 0.4) is 0 Å². The predicted octanol–water partition coefficient (Wildman–Crippen LogP) is 1.73. The van der Waals surface area contributed by atoms with E-state index in [9.17, 15) is 18.5 Å². The Balaban J connectivity index is 1.62. The molecule has 164 valence electrons. The third-order valence-corrected chi connectivity index (χ3v) is 7.26. The smallest absolute Gasteiger partial charge is 0.240 e. The van der Waals surface area contributed by atoms with E-state index in [1.54, 1.807) is 17.0 Å². The minimum atomic E-state index is -3.52. The summed E-state index contributed by atoms with van der Waals surface area (Å²) in [5.74, 6) is 0.753. The van der Waals surface area contributed by atoms with Gasteiger partial charge in [-0.1, -0.05) is 13.8 Å². The molecule has 1 aromatic rings. The summed E-state index contributed by atoms with van der Waals surface area (Å²) in [6, 6.07) is 6.54. The number of sulfonamides is 1. The summed E-state index contributed by atoms with van der Waals surface area (Å²) >= 11 is 0. The minimum absolute atomic E-state index is 0.00560. The topological polar surface area (TPSA) is 112 Å². The van der Waals surface area contributed by atoms with Crippen LogP contribution in [0.15, 0.2) is 23.1 Å². The highest BCUT2D eigenvalue weighted by molar-refractivity contribution is 7.89. The van der Waals surface area contributed by atoms with Crippen LogP contribution in [-0.2, 0) is 14.8 Å².